The highest BCUT2D eigenvalue weighted by Crippen LogP contribution is 2.33. The minimum atomic E-state index is 0.163. The largest absolute Gasteiger partial charge is 0.332 e. The van der Waals surface area contributed by atoms with Crippen LogP contribution in [0.2, 0.25) is 0 Å². The van der Waals surface area contributed by atoms with E-state index >= 15 is 0 Å². The number of hydrogen-bond acceptors (Lipinski definition) is 2. The summed E-state index contributed by atoms with van der Waals surface area (Å²) in [4.78, 5) is 14.7. The molecule has 0 aliphatic carbocycles. The normalized spacial score (nSPS) is 19.4. The molecule has 98 valence electrons. The highest BCUT2D eigenvalue weighted by atomic mass is 32.1. The highest BCUT2D eigenvalue weighted by molar-refractivity contribution is 7.07. The van der Waals surface area contributed by atoms with Gasteiger partial charge in [-0.05, 0) is 53.8 Å². The topological polar surface area (TPSA) is 20.3 Å². The molecule has 3 rings (SSSR count). The third-order valence-corrected chi connectivity index (χ3v) is 4.41. The van der Waals surface area contributed by atoms with E-state index in [1.165, 1.54) is 12.0 Å². The van der Waals surface area contributed by atoms with E-state index < -0.39 is 0 Å². The van der Waals surface area contributed by atoms with Gasteiger partial charge < -0.3 is 4.90 Å². The fraction of sp³-hybridized carbons (Fsp3) is 0.312. The van der Waals surface area contributed by atoms with Crippen molar-refractivity contribution < 1.29 is 4.79 Å². The summed E-state index contributed by atoms with van der Waals surface area (Å²) < 4.78 is 0. The average molecular weight is 271 g/mol. The van der Waals surface area contributed by atoms with Gasteiger partial charge in [-0.2, -0.15) is 11.3 Å². The molecule has 2 aromatic rings. The van der Waals surface area contributed by atoms with Crippen LogP contribution in [-0.2, 0) is 0 Å². The van der Waals surface area contributed by atoms with E-state index in [0.717, 1.165) is 24.9 Å². The van der Waals surface area contributed by atoms with E-state index in [9.17, 15) is 4.79 Å². The first-order valence-corrected chi connectivity index (χ1v) is 7.68. The second kappa shape index (κ2) is 5.57. The van der Waals surface area contributed by atoms with Gasteiger partial charge in [0.25, 0.3) is 5.91 Å². The molecule has 0 radical (unpaired) electrons. The Labute approximate surface area is 117 Å². The number of thiophene rings is 1. The summed E-state index contributed by atoms with van der Waals surface area (Å²) in [6.07, 6.45) is 3.40. The number of benzene rings is 1. The molecule has 1 amide bonds. The van der Waals surface area contributed by atoms with Crippen molar-refractivity contribution in [3.05, 3.63) is 58.3 Å². The minimum absolute atomic E-state index is 0.163. The summed E-state index contributed by atoms with van der Waals surface area (Å²) >= 11 is 1.70. The maximum absolute atomic E-state index is 12.6. The van der Waals surface area contributed by atoms with Crippen LogP contribution < -0.4 is 0 Å². The van der Waals surface area contributed by atoms with Crippen LogP contribution in [0.5, 0.6) is 0 Å². The smallest absolute Gasteiger partial charge is 0.254 e. The van der Waals surface area contributed by atoms with E-state index in [1.807, 2.05) is 35.2 Å². The van der Waals surface area contributed by atoms with Crippen LogP contribution in [0.25, 0.3) is 0 Å². The molecule has 0 unspecified atom stereocenters. The minimum Gasteiger partial charge on any atom is -0.332 e. The second-order valence-electron chi connectivity index (χ2n) is 4.93. The van der Waals surface area contributed by atoms with E-state index in [-0.39, 0.29) is 11.9 Å². The van der Waals surface area contributed by atoms with E-state index in [2.05, 4.69) is 16.8 Å². The summed E-state index contributed by atoms with van der Waals surface area (Å²) in [5, 5.41) is 4.26. The Balaban J connectivity index is 1.87. The number of likely N-dealkylation sites (tertiary alicyclic amines) is 1. The fourth-order valence-electron chi connectivity index (χ4n) is 2.73. The summed E-state index contributed by atoms with van der Waals surface area (Å²) in [6, 6.07) is 12.0. The first-order chi connectivity index (χ1) is 9.36. The number of carbonyl (C=O) groups is 1. The molecule has 1 aromatic heterocycles. The average Bonchev–Trinajstić information content (AvgIpc) is 3.01. The molecule has 1 fully saturated rings. The van der Waals surface area contributed by atoms with Crippen molar-refractivity contribution in [2.24, 2.45) is 0 Å². The lowest BCUT2D eigenvalue weighted by Crippen LogP contribution is -2.38. The van der Waals surface area contributed by atoms with Gasteiger partial charge in [0, 0.05) is 12.1 Å². The zero-order chi connectivity index (χ0) is 13.1. The first-order valence-electron chi connectivity index (χ1n) is 6.74. The molecule has 1 saturated heterocycles. The van der Waals surface area contributed by atoms with Gasteiger partial charge in [-0.15, -0.1) is 0 Å². The molecule has 3 heteroatoms. The summed E-state index contributed by atoms with van der Waals surface area (Å²) in [7, 11) is 0. The number of rotatable bonds is 2. The van der Waals surface area contributed by atoms with E-state index in [0.29, 0.717) is 0 Å². The van der Waals surface area contributed by atoms with Crippen LogP contribution in [0.1, 0.15) is 41.2 Å². The molecule has 1 atom stereocenters. The molecule has 1 aliphatic heterocycles. The zero-order valence-corrected chi connectivity index (χ0v) is 11.6. The van der Waals surface area contributed by atoms with Crippen LogP contribution in [0.4, 0.5) is 0 Å². The lowest BCUT2D eigenvalue weighted by molar-refractivity contribution is 0.0612. The Hall–Kier alpha value is -1.61. The van der Waals surface area contributed by atoms with Crippen molar-refractivity contribution in [2.45, 2.75) is 25.3 Å². The van der Waals surface area contributed by atoms with Crippen LogP contribution in [0.15, 0.2) is 47.2 Å². The van der Waals surface area contributed by atoms with Crippen LogP contribution >= 0.6 is 11.3 Å². The molecule has 1 aliphatic rings. The van der Waals surface area contributed by atoms with Crippen molar-refractivity contribution in [1.29, 1.82) is 0 Å². The molecule has 2 nitrogen and oxygen atoms in total. The van der Waals surface area contributed by atoms with Crippen molar-refractivity contribution >= 4 is 17.2 Å². The van der Waals surface area contributed by atoms with Gasteiger partial charge >= 0.3 is 0 Å². The van der Waals surface area contributed by atoms with Gasteiger partial charge in [-0.25, -0.2) is 0 Å². The van der Waals surface area contributed by atoms with Crippen molar-refractivity contribution in [1.82, 2.24) is 4.90 Å². The van der Waals surface area contributed by atoms with Crippen LogP contribution in [0.3, 0.4) is 0 Å². The number of piperidine rings is 1. The Kier molecular flexibility index (Phi) is 3.65. The fourth-order valence-corrected chi connectivity index (χ4v) is 3.44. The molecular formula is C16H17NOS. The van der Waals surface area contributed by atoms with Crippen molar-refractivity contribution in [3.8, 4) is 0 Å². The third-order valence-electron chi connectivity index (χ3n) is 3.71. The molecule has 1 aromatic carbocycles. The molecule has 0 spiro atoms. The second-order valence-corrected chi connectivity index (χ2v) is 5.71. The number of carbonyl (C=O) groups excluding carboxylic acids is 1. The summed E-state index contributed by atoms with van der Waals surface area (Å²) in [5.74, 6) is 0.163. The molecule has 0 N–H and O–H groups in total. The number of hydrogen-bond donors (Lipinski definition) is 0. The van der Waals surface area contributed by atoms with Gasteiger partial charge in [0.05, 0.1) is 6.04 Å². The molecule has 0 bridgehead atoms. The lowest BCUT2D eigenvalue weighted by atomic mass is 9.96. The number of amides is 1. The van der Waals surface area contributed by atoms with Gasteiger partial charge in [0.1, 0.15) is 0 Å². The molecule has 0 saturated carbocycles. The third kappa shape index (κ3) is 2.56. The van der Waals surface area contributed by atoms with Crippen LogP contribution in [0, 0.1) is 0 Å². The van der Waals surface area contributed by atoms with Gasteiger partial charge in [-0.1, -0.05) is 18.2 Å². The van der Waals surface area contributed by atoms with Gasteiger partial charge in [0.2, 0.25) is 0 Å². The Morgan fingerprint density at radius 1 is 1.16 bits per heavy atom. The standard InChI is InChI=1S/C16H17NOS/c18-16(13-6-2-1-3-7-13)17-10-5-4-8-15(17)14-9-11-19-12-14/h1-3,6-7,9,11-12,15H,4-5,8,10H2/t15-/m1/s1. The number of nitrogens with zero attached hydrogens (tertiary/aromatic N) is 1. The van der Waals surface area contributed by atoms with E-state index in [4.69, 9.17) is 0 Å². The SMILES string of the molecule is O=C(c1ccccc1)N1CCCC[C@@H]1c1ccsc1. The van der Waals surface area contributed by atoms with Gasteiger partial charge in [0.15, 0.2) is 0 Å². The predicted octanol–water partition coefficient (Wildman–Crippen LogP) is 4.12. The maximum atomic E-state index is 12.6. The summed E-state index contributed by atoms with van der Waals surface area (Å²) in [5.41, 5.74) is 2.08. The molecule has 2 heterocycles. The zero-order valence-electron chi connectivity index (χ0n) is 10.8. The first kappa shape index (κ1) is 12.4. The Morgan fingerprint density at radius 3 is 2.74 bits per heavy atom. The highest BCUT2D eigenvalue weighted by Gasteiger charge is 2.28. The van der Waals surface area contributed by atoms with E-state index in [1.54, 1.807) is 11.3 Å². The predicted molar refractivity (Wildman–Crippen MR) is 78.4 cm³/mol. The molecular weight excluding hydrogens is 254 g/mol. The van der Waals surface area contributed by atoms with Crippen LogP contribution in [-0.4, -0.2) is 17.4 Å². The molecule has 19 heavy (non-hydrogen) atoms. The van der Waals surface area contributed by atoms with Gasteiger partial charge in [-0.3, -0.25) is 4.79 Å². The Bertz CT molecular complexity index is 535. The quantitative estimate of drug-likeness (QED) is 0.804. The monoisotopic (exact) mass is 271 g/mol. The van der Waals surface area contributed by atoms with Crippen molar-refractivity contribution in [3.63, 3.8) is 0 Å². The maximum Gasteiger partial charge on any atom is 0.254 e. The Morgan fingerprint density at radius 2 is 2.00 bits per heavy atom. The lowest BCUT2D eigenvalue weighted by Gasteiger charge is -2.35. The summed E-state index contributed by atoms with van der Waals surface area (Å²) in [6.45, 7) is 0.869. The van der Waals surface area contributed by atoms with Crippen molar-refractivity contribution in [2.75, 3.05) is 6.54 Å².